The number of aliphatic hydroxyl groups is 1. The lowest BCUT2D eigenvalue weighted by atomic mass is 9.96. The Kier molecular flexibility index (Phi) is 8.54. The van der Waals surface area contributed by atoms with Crippen LogP contribution in [0.25, 0.3) is 11.1 Å². The van der Waals surface area contributed by atoms with Gasteiger partial charge in [0.1, 0.15) is 41.0 Å². The number of aromatic hydroxyl groups is 1. The second kappa shape index (κ2) is 11.3. The molecule has 0 aliphatic carbocycles. The van der Waals surface area contributed by atoms with Crippen molar-refractivity contribution < 1.29 is 51.9 Å². The molecule has 3 aromatic carbocycles. The first-order valence-electron chi connectivity index (χ1n) is 11.6. The number of carbonyl (C=O) groups is 2. The quantitative estimate of drug-likeness (QED) is 0.236. The van der Waals surface area contributed by atoms with Crippen molar-refractivity contribution in [2.24, 2.45) is 0 Å². The van der Waals surface area contributed by atoms with Gasteiger partial charge in [0.2, 0.25) is 0 Å². The fourth-order valence-electron chi connectivity index (χ4n) is 3.74. The van der Waals surface area contributed by atoms with Crippen LogP contribution in [-0.2, 0) is 22.3 Å². The second-order valence-corrected chi connectivity index (χ2v) is 9.62. The highest BCUT2D eigenvalue weighted by Crippen LogP contribution is 2.39. The van der Waals surface area contributed by atoms with Gasteiger partial charge >= 0.3 is 18.1 Å². The van der Waals surface area contributed by atoms with Gasteiger partial charge in [-0.2, -0.15) is 13.2 Å². The van der Waals surface area contributed by atoms with Crippen LogP contribution in [0, 0.1) is 5.82 Å². The Balaban J connectivity index is 1.84. The van der Waals surface area contributed by atoms with Crippen LogP contribution in [0.3, 0.4) is 0 Å². The number of carbonyl (C=O) groups excluding carboxylic acids is 1. The number of rotatable bonds is 8. The zero-order valence-electron chi connectivity index (χ0n) is 21.2. The van der Waals surface area contributed by atoms with Crippen molar-refractivity contribution >= 4 is 11.9 Å². The molecule has 0 saturated carbocycles. The van der Waals surface area contributed by atoms with Crippen molar-refractivity contribution in [1.82, 2.24) is 0 Å². The van der Waals surface area contributed by atoms with Crippen molar-refractivity contribution in [3.8, 4) is 22.6 Å². The van der Waals surface area contributed by atoms with Crippen LogP contribution in [0.15, 0.2) is 54.6 Å². The summed E-state index contributed by atoms with van der Waals surface area (Å²) in [6.07, 6.45) is -4.90. The predicted molar refractivity (Wildman–Crippen MR) is 132 cm³/mol. The summed E-state index contributed by atoms with van der Waals surface area (Å²) >= 11 is 0. The van der Waals surface area contributed by atoms with Crippen molar-refractivity contribution in [2.45, 2.75) is 45.1 Å². The molecule has 0 aromatic heterocycles. The van der Waals surface area contributed by atoms with Crippen LogP contribution in [0.2, 0.25) is 0 Å². The van der Waals surface area contributed by atoms with Gasteiger partial charge in [-0.05, 0) is 56.2 Å². The van der Waals surface area contributed by atoms with Gasteiger partial charge in [-0.1, -0.05) is 30.3 Å². The first kappa shape index (κ1) is 29.4. The standard InChI is InChI=1S/C28H26F4O7/c1-27(2,3)39-26(37)23-17(7-11-21(24(23)34)28(30,31)32)14-38-18-8-4-15(5-9-18)16-6-10-19(22(29)12-16)20(13-33)25(35)36/h4-12,20,33-34H,13-14H2,1-3H3,(H,35,36). The van der Waals surface area contributed by atoms with Crippen LogP contribution in [-0.4, -0.2) is 39.5 Å². The third-order valence-corrected chi connectivity index (χ3v) is 5.61. The number of hydrogen-bond acceptors (Lipinski definition) is 6. The van der Waals surface area contributed by atoms with Gasteiger partial charge in [0.15, 0.2) is 0 Å². The maximum absolute atomic E-state index is 14.5. The Hall–Kier alpha value is -4.12. The van der Waals surface area contributed by atoms with Gasteiger partial charge in [-0.3, -0.25) is 4.79 Å². The Morgan fingerprint density at radius 1 is 0.949 bits per heavy atom. The number of alkyl halides is 3. The van der Waals surface area contributed by atoms with Crippen molar-refractivity contribution in [1.29, 1.82) is 0 Å². The summed E-state index contributed by atoms with van der Waals surface area (Å²) in [5.41, 5.74) is -2.30. The summed E-state index contributed by atoms with van der Waals surface area (Å²) in [5, 5.41) is 28.7. The van der Waals surface area contributed by atoms with E-state index < -0.39 is 58.9 Å². The molecule has 3 N–H and O–H groups in total. The number of hydrogen-bond donors (Lipinski definition) is 3. The molecule has 0 aliphatic heterocycles. The number of phenols is 1. The first-order valence-corrected chi connectivity index (χ1v) is 11.6. The van der Waals surface area contributed by atoms with E-state index in [-0.39, 0.29) is 23.5 Å². The topological polar surface area (TPSA) is 113 Å². The van der Waals surface area contributed by atoms with Crippen LogP contribution in [0.1, 0.15) is 53.7 Å². The number of carboxylic acid groups (broad SMARTS) is 1. The van der Waals surface area contributed by atoms with E-state index in [1.54, 1.807) is 12.1 Å². The first-order chi connectivity index (χ1) is 18.1. The minimum atomic E-state index is -4.90. The zero-order valence-corrected chi connectivity index (χ0v) is 21.2. The molecule has 0 bridgehead atoms. The number of phenolic OH excluding ortho intramolecular Hbond substituents is 1. The van der Waals surface area contributed by atoms with E-state index in [1.807, 2.05) is 0 Å². The monoisotopic (exact) mass is 550 g/mol. The minimum Gasteiger partial charge on any atom is -0.506 e. The van der Waals surface area contributed by atoms with E-state index in [0.717, 1.165) is 12.1 Å². The number of carboxylic acids is 1. The molecule has 39 heavy (non-hydrogen) atoms. The van der Waals surface area contributed by atoms with E-state index in [9.17, 15) is 37.4 Å². The Bertz CT molecular complexity index is 1360. The maximum atomic E-state index is 14.5. The zero-order chi connectivity index (χ0) is 29.1. The molecule has 208 valence electrons. The normalized spacial score (nSPS) is 12.6. The lowest BCUT2D eigenvalue weighted by molar-refractivity contribution is -0.140. The third kappa shape index (κ3) is 7.05. The summed E-state index contributed by atoms with van der Waals surface area (Å²) in [7, 11) is 0. The molecule has 3 aromatic rings. The molecule has 0 aliphatic rings. The predicted octanol–water partition coefficient (Wildman–Crippen LogP) is 5.91. The van der Waals surface area contributed by atoms with Crippen LogP contribution in [0.4, 0.5) is 17.6 Å². The van der Waals surface area contributed by atoms with Crippen molar-refractivity contribution in [3.63, 3.8) is 0 Å². The average Bonchev–Trinajstić information content (AvgIpc) is 2.82. The number of aliphatic hydroxyl groups excluding tert-OH is 1. The lowest BCUT2D eigenvalue weighted by Gasteiger charge is -2.22. The van der Waals surface area contributed by atoms with Gasteiger partial charge in [0.25, 0.3) is 0 Å². The van der Waals surface area contributed by atoms with Crippen LogP contribution in [0.5, 0.6) is 11.5 Å². The van der Waals surface area contributed by atoms with Gasteiger partial charge < -0.3 is 24.8 Å². The largest absolute Gasteiger partial charge is 0.506 e. The fraction of sp³-hybridized carbons (Fsp3) is 0.286. The molecule has 11 heteroatoms. The molecule has 7 nitrogen and oxygen atoms in total. The molecular formula is C28H26F4O7. The molecule has 0 radical (unpaired) electrons. The SMILES string of the molecule is CC(C)(C)OC(=O)c1c(COc2ccc(-c3ccc(C(CO)C(=O)O)c(F)c3)cc2)ccc(C(F)(F)F)c1O. The lowest BCUT2D eigenvalue weighted by Crippen LogP contribution is -2.25. The number of halogens is 4. The molecule has 1 unspecified atom stereocenters. The summed E-state index contributed by atoms with van der Waals surface area (Å²) in [6.45, 7) is 3.46. The van der Waals surface area contributed by atoms with Gasteiger partial charge in [0.05, 0.1) is 12.2 Å². The number of aliphatic carboxylic acids is 1. The molecule has 0 heterocycles. The molecule has 0 spiro atoms. The second-order valence-electron chi connectivity index (χ2n) is 9.62. The van der Waals surface area contributed by atoms with E-state index in [4.69, 9.17) is 14.6 Å². The molecular weight excluding hydrogens is 524 g/mol. The van der Waals surface area contributed by atoms with Gasteiger partial charge in [-0.15, -0.1) is 0 Å². The summed E-state index contributed by atoms with van der Waals surface area (Å²) in [6, 6.07) is 11.7. The van der Waals surface area contributed by atoms with Crippen LogP contribution >= 0.6 is 0 Å². The highest BCUT2D eigenvalue weighted by atomic mass is 19.4. The van der Waals surface area contributed by atoms with E-state index >= 15 is 0 Å². The Morgan fingerprint density at radius 2 is 1.56 bits per heavy atom. The minimum absolute atomic E-state index is 0.0339. The van der Waals surface area contributed by atoms with E-state index in [1.165, 1.54) is 45.0 Å². The van der Waals surface area contributed by atoms with Crippen LogP contribution < -0.4 is 4.74 Å². The van der Waals surface area contributed by atoms with Gasteiger partial charge in [-0.25, -0.2) is 9.18 Å². The molecule has 1 atom stereocenters. The van der Waals surface area contributed by atoms with Crippen molar-refractivity contribution in [3.05, 3.63) is 82.7 Å². The fourth-order valence-corrected chi connectivity index (χ4v) is 3.74. The number of ether oxygens (including phenoxy) is 2. The third-order valence-electron chi connectivity index (χ3n) is 5.61. The maximum Gasteiger partial charge on any atom is 0.419 e. The summed E-state index contributed by atoms with van der Waals surface area (Å²) in [4.78, 5) is 23.9. The average molecular weight is 551 g/mol. The number of esters is 1. The molecule has 0 fully saturated rings. The Labute approximate surface area is 221 Å². The van der Waals surface area contributed by atoms with E-state index in [0.29, 0.717) is 17.2 Å². The molecule has 3 rings (SSSR count). The van der Waals surface area contributed by atoms with E-state index in [2.05, 4.69) is 0 Å². The Morgan fingerprint density at radius 3 is 2.08 bits per heavy atom. The van der Waals surface area contributed by atoms with Gasteiger partial charge in [0, 0.05) is 11.1 Å². The summed E-state index contributed by atoms with van der Waals surface area (Å²) in [5.74, 6) is -5.70. The molecule has 0 saturated heterocycles. The highest BCUT2D eigenvalue weighted by molar-refractivity contribution is 5.95. The smallest absolute Gasteiger partial charge is 0.419 e. The number of benzene rings is 3. The highest BCUT2D eigenvalue weighted by Gasteiger charge is 2.37. The molecule has 0 amide bonds. The summed E-state index contributed by atoms with van der Waals surface area (Å²) < 4.78 is 65.3. The van der Waals surface area contributed by atoms with Crippen molar-refractivity contribution in [2.75, 3.05) is 6.61 Å².